The van der Waals surface area contributed by atoms with Gasteiger partial charge in [-0.25, -0.2) is 29.9 Å². The molecule has 0 spiro atoms. The van der Waals surface area contributed by atoms with Gasteiger partial charge in [0.2, 0.25) is 5.91 Å². The Kier molecular flexibility index (Phi) is 9.50. The number of aliphatic hydroxyl groups is 4. The smallest absolute Gasteiger partial charge is 0.317 e. The molecule has 22 heteroatoms. The van der Waals surface area contributed by atoms with Gasteiger partial charge in [-0.1, -0.05) is 5.92 Å². The van der Waals surface area contributed by atoms with E-state index in [0.29, 0.717) is 0 Å². The SMILES string of the molecule is NCC(=O)NC[C@H]1O[C@@H](n2c(C#CCN(CC(=O)O)C[C@H]3O[C@@H](n4cnc5c(N)ncnc54)[C@H](O)[C@@H]3O)nc3c(N)ncnc32)[C@H](O)[C@@H]1O. The number of aromatic nitrogens is 8. The van der Waals surface area contributed by atoms with Crippen LogP contribution in [0.1, 0.15) is 18.3 Å². The number of carbonyl (C=O) groups excluding carboxylic acids is 1. The van der Waals surface area contributed by atoms with Gasteiger partial charge in [-0.3, -0.25) is 23.6 Å². The predicted octanol–water partition coefficient (Wildman–Crippen LogP) is -5.12. The maximum Gasteiger partial charge on any atom is 0.317 e. The lowest BCUT2D eigenvalue weighted by Gasteiger charge is -2.23. The van der Waals surface area contributed by atoms with Crippen molar-refractivity contribution in [1.29, 1.82) is 0 Å². The fourth-order valence-corrected chi connectivity index (χ4v) is 5.68. The minimum Gasteiger partial charge on any atom is -0.480 e. The van der Waals surface area contributed by atoms with E-state index in [9.17, 15) is 35.1 Å². The van der Waals surface area contributed by atoms with Gasteiger partial charge < -0.3 is 57.5 Å². The van der Waals surface area contributed by atoms with Crippen molar-refractivity contribution >= 4 is 45.8 Å². The number of anilines is 2. The molecule has 2 aliphatic rings. The second kappa shape index (κ2) is 13.8. The Morgan fingerprint density at radius 2 is 1.55 bits per heavy atom. The lowest BCUT2D eigenvalue weighted by molar-refractivity contribution is -0.138. The van der Waals surface area contributed by atoms with Gasteiger partial charge in [0, 0.05) is 13.1 Å². The summed E-state index contributed by atoms with van der Waals surface area (Å²) in [6.07, 6.45) is -6.53. The number of carboxylic acids is 1. The Hall–Kier alpha value is -5.12. The van der Waals surface area contributed by atoms with E-state index in [1.807, 2.05) is 0 Å². The normalized spacial score (nSPS) is 26.7. The molecular formula is C27H33N13O9. The van der Waals surface area contributed by atoms with Crippen LogP contribution in [0.5, 0.6) is 0 Å². The van der Waals surface area contributed by atoms with Crippen LogP contribution in [-0.4, -0.2) is 151 Å². The van der Waals surface area contributed by atoms with E-state index in [2.05, 4.69) is 47.1 Å². The van der Waals surface area contributed by atoms with Crippen LogP contribution < -0.4 is 22.5 Å². The molecule has 6 rings (SSSR count). The zero-order valence-corrected chi connectivity index (χ0v) is 25.5. The molecular weight excluding hydrogens is 650 g/mol. The lowest BCUT2D eigenvalue weighted by atomic mass is 10.1. The van der Waals surface area contributed by atoms with Crippen molar-refractivity contribution in [2.45, 2.75) is 49.1 Å². The molecule has 0 unspecified atom stereocenters. The number of hydrogen-bond acceptors (Lipinski definition) is 18. The van der Waals surface area contributed by atoms with Gasteiger partial charge >= 0.3 is 5.97 Å². The van der Waals surface area contributed by atoms with Crippen LogP contribution in [0.4, 0.5) is 11.6 Å². The van der Waals surface area contributed by atoms with Crippen molar-refractivity contribution in [2.24, 2.45) is 5.73 Å². The molecule has 22 nitrogen and oxygen atoms in total. The van der Waals surface area contributed by atoms with Gasteiger partial charge in [0.05, 0.1) is 26.0 Å². The monoisotopic (exact) mass is 683 g/mol. The van der Waals surface area contributed by atoms with Crippen molar-refractivity contribution in [3.05, 3.63) is 24.8 Å². The van der Waals surface area contributed by atoms with Crippen LogP contribution in [0.2, 0.25) is 0 Å². The molecule has 0 aliphatic carbocycles. The summed E-state index contributed by atoms with van der Waals surface area (Å²) < 4.78 is 14.6. The summed E-state index contributed by atoms with van der Waals surface area (Å²) in [5.41, 5.74) is 18.0. The van der Waals surface area contributed by atoms with E-state index in [0.717, 1.165) is 0 Å². The summed E-state index contributed by atoms with van der Waals surface area (Å²) in [7, 11) is 0. The van der Waals surface area contributed by atoms with Gasteiger partial charge in [-0.05, 0) is 5.92 Å². The Morgan fingerprint density at radius 1 is 0.898 bits per heavy atom. The Balaban J connectivity index is 1.23. The third-order valence-corrected chi connectivity index (χ3v) is 8.08. The number of fused-ring (bicyclic) bond motifs is 2. The number of carboxylic acid groups (broad SMARTS) is 1. The van der Waals surface area contributed by atoms with Gasteiger partial charge in [0.1, 0.15) is 54.8 Å². The number of hydrogen-bond donors (Lipinski definition) is 9. The van der Waals surface area contributed by atoms with E-state index in [-0.39, 0.29) is 66.0 Å². The van der Waals surface area contributed by atoms with Gasteiger partial charge in [0.15, 0.2) is 46.7 Å². The first kappa shape index (κ1) is 33.8. The predicted molar refractivity (Wildman–Crippen MR) is 164 cm³/mol. The van der Waals surface area contributed by atoms with E-state index in [1.54, 1.807) is 0 Å². The largest absolute Gasteiger partial charge is 0.480 e. The number of ether oxygens (including phenoxy) is 2. The molecule has 12 N–H and O–H groups in total. The highest BCUT2D eigenvalue weighted by molar-refractivity contribution is 5.83. The summed E-state index contributed by atoms with van der Waals surface area (Å²) in [4.78, 5) is 49.5. The minimum atomic E-state index is -1.51. The minimum absolute atomic E-state index is 0.000556. The van der Waals surface area contributed by atoms with Gasteiger partial charge in [0.25, 0.3) is 0 Å². The van der Waals surface area contributed by atoms with Crippen molar-refractivity contribution in [3.8, 4) is 11.8 Å². The fraction of sp³-hybridized carbons (Fsp3) is 0.481. The Bertz CT molecular complexity index is 1930. The molecule has 4 aromatic heterocycles. The van der Waals surface area contributed by atoms with Crippen LogP contribution in [0.15, 0.2) is 19.0 Å². The third kappa shape index (κ3) is 6.51. The fourth-order valence-electron chi connectivity index (χ4n) is 5.68. The second-order valence-electron chi connectivity index (χ2n) is 11.3. The number of rotatable bonds is 10. The molecule has 0 aromatic carbocycles. The molecule has 260 valence electrons. The number of nitrogens with zero attached hydrogens (tertiary/aromatic N) is 9. The summed E-state index contributed by atoms with van der Waals surface area (Å²) in [6, 6.07) is 0. The van der Waals surface area contributed by atoms with Crippen LogP contribution in [0.25, 0.3) is 22.3 Å². The number of aliphatic hydroxyl groups excluding tert-OH is 4. The van der Waals surface area contributed by atoms with Crippen molar-refractivity contribution in [2.75, 3.05) is 44.2 Å². The van der Waals surface area contributed by atoms with Crippen LogP contribution >= 0.6 is 0 Å². The number of imidazole rings is 2. The number of nitrogens with one attached hydrogen (secondary N) is 1. The number of nitrogen functional groups attached to an aromatic ring is 2. The molecule has 6 heterocycles. The summed E-state index contributed by atoms with van der Waals surface area (Å²) in [6.45, 7) is -1.30. The maximum atomic E-state index is 11.8. The van der Waals surface area contributed by atoms with Gasteiger partial charge in [-0.15, -0.1) is 0 Å². The van der Waals surface area contributed by atoms with Crippen molar-refractivity contribution < 1.29 is 44.6 Å². The highest BCUT2D eigenvalue weighted by Crippen LogP contribution is 2.34. The zero-order chi connectivity index (χ0) is 35.0. The van der Waals surface area contributed by atoms with Crippen LogP contribution in [0, 0.1) is 11.8 Å². The standard InChI is InChI=1S/C27H33N13O9/c28-4-14(41)31-5-11-18(44)21(47)27(48-11)40-13(37-17-23(30)33-9-35-25(17)40)2-1-3-38(7-15(42)43)6-12-19(45)20(46)26(49-12)39-10-36-16-22(29)32-8-34-24(16)39/h8-12,18-21,26-27,44-47H,3-7,28H2,(H,31,41)(H,42,43)(H2,29,32,34)(H2,30,33,35)/t11-,12-,18-,19-,20-,21-,26-,27-/m1/s1. The molecule has 0 saturated carbocycles. The van der Waals surface area contributed by atoms with E-state index >= 15 is 0 Å². The van der Waals surface area contributed by atoms with Crippen molar-refractivity contribution in [1.82, 2.24) is 49.3 Å². The highest BCUT2D eigenvalue weighted by atomic mass is 16.6. The number of carbonyl (C=O) groups is 2. The molecule has 2 aliphatic heterocycles. The summed E-state index contributed by atoms with van der Waals surface area (Å²) in [5, 5.41) is 55.4. The quantitative estimate of drug-likeness (QED) is 0.0706. The topological polar surface area (TPSA) is 334 Å². The first-order valence-corrected chi connectivity index (χ1v) is 14.8. The average Bonchev–Trinajstić information content (AvgIpc) is 3.81. The molecule has 8 atom stereocenters. The van der Waals surface area contributed by atoms with E-state index < -0.39 is 67.5 Å². The molecule has 2 fully saturated rings. The molecule has 1 amide bonds. The first-order chi connectivity index (χ1) is 23.5. The van der Waals surface area contributed by atoms with E-state index in [1.165, 1.54) is 33.0 Å². The number of nitrogens with two attached hydrogens (primary N) is 3. The molecule has 0 radical (unpaired) electrons. The van der Waals surface area contributed by atoms with Crippen LogP contribution in [-0.2, 0) is 19.1 Å². The zero-order valence-electron chi connectivity index (χ0n) is 25.5. The number of aliphatic carboxylic acids is 1. The third-order valence-electron chi connectivity index (χ3n) is 8.08. The second-order valence-corrected chi connectivity index (χ2v) is 11.3. The molecule has 4 aromatic rings. The molecule has 2 saturated heterocycles. The first-order valence-electron chi connectivity index (χ1n) is 14.8. The van der Waals surface area contributed by atoms with Crippen molar-refractivity contribution in [3.63, 3.8) is 0 Å². The average molecular weight is 684 g/mol. The Morgan fingerprint density at radius 3 is 2.27 bits per heavy atom. The maximum absolute atomic E-state index is 11.8. The Labute approximate surface area is 275 Å². The summed E-state index contributed by atoms with van der Waals surface area (Å²) in [5.74, 6) is 4.06. The highest BCUT2D eigenvalue weighted by Gasteiger charge is 2.46. The lowest BCUT2D eigenvalue weighted by Crippen LogP contribution is -2.42. The van der Waals surface area contributed by atoms with E-state index in [4.69, 9.17) is 26.7 Å². The summed E-state index contributed by atoms with van der Waals surface area (Å²) >= 11 is 0. The van der Waals surface area contributed by atoms with Gasteiger partial charge in [-0.2, -0.15) is 0 Å². The number of amides is 1. The molecule has 0 bridgehead atoms. The molecule has 49 heavy (non-hydrogen) atoms. The van der Waals surface area contributed by atoms with Crippen LogP contribution in [0.3, 0.4) is 0 Å².